The molecule has 0 aliphatic carbocycles. The van der Waals surface area contributed by atoms with Crippen LogP contribution in [0.3, 0.4) is 0 Å². The van der Waals surface area contributed by atoms with Gasteiger partial charge in [0.2, 0.25) is 0 Å². The van der Waals surface area contributed by atoms with Crippen LogP contribution in [-0.4, -0.2) is 51.1 Å². The van der Waals surface area contributed by atoms with E-state index in [2.05, 4.69) is 94.9 Å². The quantitative estimate of drug-likeness (QED) is 0.323. The summed E-state index contributed by atoms with van der Waals surface area (Å²) in [7, 11) is -2.66. The first kappa shape index (κ1) is 27.8. The fourth-order valence-corrected chi connectivity index (χ4v) is 9.74. The smallest absolute Gasteiger partial charge is 0.261 e. The summed E-state index contributed by atoms with van der Waals surface area (Å²) in [6.07, 6.45) is 5.01. The average Bonchev–Trinajstić information content (AvgIpc) is 2.87. The van der Waals surface area contributed by atoms with Gasteiger partial charge in [-0.15, -0.1) is 6.58 Å². The van der Waals surface area contributed by atoms with Crippen molar-refractivity contribution in [3.8, 4) is 0 Å². The number of ether oxygens (including phenoxy) is 2. The lowest BCUT2D eigenvalue weighted by Gasteiger charge is -2.44. The van der Waals surface area contributed by atoms with Crippen LogP contribution in [0.2, 0.25) is 5.04 Å². The molecule has 0 spiro atoms. The van der Waals surface area contributed by atoms with Gasteiger partial charge in [-0.1, -0.05) is 107 Å². The Labute approximate surface area is 213 Å². The molecule has 2 aromatic rings. The molecule has 192 valence electrons. The molecule has 1 saturated heterocycles. The summed E-state index contributed by atoms with van der Waals surface area (Å²) in [6.45, 7) is 14.1. The molecule has 35 heavy (non-hydrogen) atoms. The minimum atomic E-state index is -2.66. The van der Waals surface area contributed by atoms with Gasteiger partial charge in [0.25, 0.3) is 8.32 Å². The van der Waals surface area contributed by atoms with Gasteiger partial charge in [0.05, 0.1) is 18.8 Å². The zero-order valence-electron chi connectivity index (χ0n) is 22.0. The Balaban J connectivity index is 1.87. The number of rotatable bonds is 12. The normalized spacial score (nSPS) is 20.8. The first-order valence-corrected chi connectivity index (χ1v) is 15.1. The molecule has 5 heteroatoms. The lowest BCUT2D eigenvalue weighted by Crippen LogP contribution is -2.67. The molecule has 4 atom stereocenters. The SMILES string of the molecule is C=C[C@H](O[C@H]1CCCO[C@@H]1CO[Si](c1ccccc1)(c1ccccc1)C(C)(C)C)[C@@H](O)CCCC. The van der Waals surface area contributed by atoms with Crippen molar-refractivity contribution in [3.05, 3.63) is 73.3 Å². The molecule has 1 heterocycles. The van der Waals surface area contributed by atoms with Crippen molar-refractivity contribution in [1.82, 2.24) is 0 Å². The topological polar surface area (TPSA) is 47.9 Å². The van der Waals surface area contributed by atoms with Crippen LogP contribution >= 0.6 is 0 Å². The number of hydrogen-bond acceptors (Lipinski definition) is 4. The predicted octanol–water partition coefficient (Wildman–Crippen LogP) is 5.23. The fourth-order valence-electron chi connectivity index (χ4n) is 5.17. The van der Waals surface area contributed by atoms with Crippen molar-refractivity contribution < 1.29 is 19.0 Å². The molecule has 0 radical (unpaired) electrons. The monoisotopic (exact) mass is 496 g/mol. The van der Waals surface area contributed by atoms with Crippen LogP contribution in [0.15, 0.2) is 73.3 Å². The van der Waals surface area contributed by atoms with Crippen molar-refractivity contribution in [2.45, 2.75) is 89.3 Å². The van der Waals surface area contributed by atoms with Gasteiger partial charge < -0.3 is 19.0 Å². The van der Waals surface area contributed by atoms with Crippen molar-refractivity contribution in [1.29, 1.82) is 0 Å². The largest absolute Gasteiger partial charge is 0.405 e. The second kappa shape index (κ2) is 13.0. The summed E-state index contributed by atoms with van der Waals surface area (Å²) in [5, 5.41) is 13.1. The Hall–Kier alpha value is -1.76. The van der Waals surface area contributed by atoms with Crippen LogP contribution in [0.25, 0.3) is 0 Å². The minimum Gasteiger partial charge on any atom is -0.405 e. The van der Waals surface area contributed by atoms with Crippen molar-refractivity contribution in [2.24, 2.45) is 0 Å². The summed E-state index contributed by atoms with van der Waals surface area (Å²) in [5.74, 6) is 0. The number of benzene rings is 2. The zero-order valence-corrected chi connectivity index (χ0v) is 23.0. The molecule has 0 bridgehead atoms. The molecule has 1 fully saturated rings. The van der Waals surface area contributed by atoms with Crippen LogP contribution in [0.4, 0.5) is 0 Å². The first-order chi connectivity index (χ1) is 16.8. The maximum absolute atomic E-state index is 10.7. The lowest BCUT2D eigenvalue weighted by molar-refractivity contribution is -0.150. The van der Waals surface area contributed by atoms with Crippen LogP contribution in [-0.2, 0) is 13.9 Å². The van der Waals surface area contributed by atoms with E-state index < -0.39 is 20.5 Å². The van der Waals surface area contributed by atoms with Crippen LogP contribution in [0.1, 0.15) is 59.8 Å². The Morgan fingerprint density at radius 3 is 2.20 bits per heavy atom. The van der Waals surface area contributed by atoms with Crippen molar-refractivity contribution >= 4 is 18.7 Å². The van der Waals surface area contributed by atoms with Crippen LogP contribution in [0.5, 0.6) is 0 Å². The van der Waals surface area contributed by atoms with Crippen molar-refractivity contribution in [3.63, 3.8) is 0 Å². The average molecular weight is 497 g/mol. The Morgan fingerprint density at radius 1 is 1.09 bits per heavy atom. The van der Waals surface area contributed by atoms with Gasteiger partial charge in [-0.3, -0.25) is 0 Å². The standard InChI is InChI=1S/C30H44O4Si/c1-6-8-20-26(31)27(7-2)34-28-21-15-22-32-29(28)23-33-35(30(3,4)5,24-16-11-9-12-17-24)25-18-13-10-14-19-25/h7,9-14,16-19,26-29,31H,2,6,8,15,20-23H2,1,3-5H3/t26-,27-,28-,29+/m0/s1. The fraction of sp³-hybridized carbons (Fsp3) is 0.533. The highest BCUT2D eigenvalue weighted by Crippen LogP contribution is 2.37. The van der Waals surface area contributed by atoms with E-state index in [0.29, 0.717) is 19.6 Å². The molecule has 2 aromatic carbocycles. The first-order valence-electron chi connectivity index (χ1n) is 13.2. The zero-order chi connectivity index (χ0) is 25.3. The Morgan fingerprint density at radius 2 is 1.69 bits per heavy atom. The van der Waals surface area contributed by atoms with Gasteiger partial charge in [-0.25, -0.2) is 0 Å². The maximum Gasteiger partial charge on any atom is 0.261 e. The molecular formula is C30H44O4Si. The summed E-state index contributed by atoms with van der Waals surface area (Å²) in [4.78, 5) is 0. The third-order valence-electron chi connectivity index (χ3n) is 7.06. The summed E-state index contributed by atoms with van der Waals surface area (Å²) >= 11 is 0. The van der Waals surface area contributed by atoms with E-state index in [4.69, 9.17) is 13.9 Å². The molecular weight excluding hydrogens is 452 g/mol. The number of aliphatic hydroxyl groups is 1. The highest BCUT2D eigenvalue weighted by Gasteiger charge is 2.50. The number of hydrogen-bond donors (Lipinski definition) is 1. The molecule has 4 nitrogen and oxygen atoms in total. The molecule has 0 unspecified atom stereocenters. The lowest BCUT2D eigenvalue weighted by atomic mass is 10.0. The highest BCUT2D eigenvalue weighted by atomic mass is 28.4. The molecule has 1 aliphatic heterocycles. The van der Waals surface area contributed by atoms with E-state index >= 15 is 0 Å². The molecule has 3 rings (SSSR count). The van der Waals surface area contributed by atoms with Gasteiger partial charge in [0.15, 0.2) is 0 Å². The van der Waals surface area contributed by atoms with Gasteiger partial charge in [0, 0.05) is 6.61 Å². The van der Waals surface area contributed by atoms with Gasteiger partial charge in [-0.2, -0.15) is 0 Å². The van der Waals surface area contributed by atoms with Gasteiger partial charge in [0.1, 0.15) is 12.2 Å². The Kier molecular flexibility index (Phi) is 10.3. The summed E-state index contributed by atoms with van der Waals surface area (Å²) in [5.41, 5.74) is 0. The van der Waals surface area contributed by atoms with E-state index in [-0.39, 0.29) is 17.2 Å². The summed E-state index contributed by atoms with van der Waals surface area (Å²) < 4.78 is 19.8. The second-order valence-electron chi connectivity index (χ2n) is 10.6. The molecule has 1 N–H and O–H groups in total. The van der Waals surface area contributed by atoms with Crippen molar-refractivity contribution in [2.75, 3.05) is 13.2 Å². The molecule has 0 saturated carbocycles. The third-order valence-corrected chi connectivity index (χ3v) is 12.1. The van der Waals surface area contributed by atoms with E-state index in [9.17, 15) is 5.11 Å². The second-order valence-corrected chi connectivity index (χ2v) is 14.9. The third kappa shape index (κ3) is 6.72. The van der Waals surface area contributed by atoms with Crippen LogP contribution in [0, 0.1) is 0 Å². The predicted molar refractivity (Wildman–Crippen MR) is 147 cm³/mol. The Bertz CT molecular complexity index is 841. The van der Waals surface area contributed by atoms with E-state index in [1.54, 1.807) is 6.08 Å². The van der Waals surface area contributed by atoms with Crippen LogP contribution < -0.4 is 10.4 Å². The van der Waals surface area contributed by atoms with E-state index in [0.717, 1.165) is 25.7 Å². The number of unbranched alkanes of at least 4 members (excludes halogenated alkanes) is 1. The van der Waals surface area contributed by atoms with Gasteiger partial charge in [-0.05, 0) is 34.7 Å². The minimum absolute atomic E-state index is 0.0965. The van der Waals surface area contributed by atoms with E-state index in [1.165, 1.54) is 10.4 Å². The molecule has 0 amide bonds. The summed E-state index contributed by atoms with van der Waals surface area (Å²) in [6, 6.07) is 21.4. The van der Waals surface area contributed by atoms with E-state index in [1.807, 2.05) is 0 Å². The number of aliphatic hydroxyl groups excluding tert-OH is 1. The maximum atomic E-state index is 10.7. The van der Waals surface area contributed by atoms with Gasteiger partial charge >= 0.3 is 0 Å². The molecule has 0 aromatic heterocycles. The highest BCUT2D eigenvalue weighted by molar-refractivity contribution is 6.99. The molecule has 1 aliphatic rings.